The second-order valence-electron chi connectivity index (χ2n) is 6.67. The number of rotatable bonds is 7. The summed E-state index contributed by atoms with van der Waals surface area (Å²) < 4.78 is 0. The van der Waals surface area contributed by atoms with Crippen LogP contribution in [-0.4, -0.2) is 27.5 Å². The highest BCUT2D eigenvalue weighted by atomic mass is 16.3. The lowest BCUT2D eigenvalue weighted by Crippen LogP contribution is -2.28. The van der Waals surface area contributed by atoms with Crippen LogP contribution >= 0.6 is 0 Å². The maximum Gasteiger partial charge on any atom is 0.254 e. The van der Waals surface area contributed by atoms with E-state index >= 15 is 0 Å². The Morgan fingerprint density at radius 2 is 1.86 bits per heavy atom. The highest BCUT2D eigenvalue weighted by Crippen LogP contribution is 2.30. The molecule has 0 saturated heterocycles. The van der Waals surface area contributed by atoms with Crippen LogP contribution in [0.4, 0.5) is 0 Å². The molecule has 0 aliphatic carbocycles. The third-order valence-corrected chi connectivity index (χ3v) is 4.62. The molecular formula is C22H23N3O3. The molecular weight excluding hydrogens is 354 g/mol. The number of aromatic hydroxyl groups is 1. The molecule has 1 heterocycles. The second-order valence-corrected chi connectivity index (χ2v) is 6.67. The number of nitrogens with zero attached hydrogens (tertiary/aromatic N) is 1. The maximum atomic E-state index is 12.6. The largest absolute Gasteiger partial charge is 0.493 e. The van der Waals surface area contributed by atoms with Gasteiger partial charge in [0, 0.05) is 25.3 Å². The van der Waals surface area contributed by atoms with Crippen molar-refractivity contribution in [3.05, 3.63) is 93.5 Å². The van der Waals surface area contributed by atoms with Gasteiger partial charge in [-0.1, -0.05) is 54.6 Å². The molecule has 6 heteroatoms. The van der Waals surface area contributed by atoms with Gasteiger partial charge in [0.15, 0.2) is 0 Å². The van der Waals surface area contributed by atoms with Gasteiger partial charge in [-0.3, -0.25) is 9.59 Å². The molecule has 0 radical (unpaired) electrons. The van der Waals surface area contributed by atoms with E-state index in [0.717, 1.165) is 22.8 Å². The van der Waals surface area contributed by atoms with Crippen molar-refractivity contribution < 1.29 is 9.90 Å². The number of hydrogen-bond acceptors (Lipinski definition) is 4. The molecule has 1 atom stereocenters. The zero-order chi connectivity index (χ0) is 19.9. The standard InChI is InChI=1S/C22H23N3O3/c1-15-7-5-6-10-17(15)18(16-8-3-2-4-9-16)13-20(26)23-12-11-19-24-21(27)14-22(28)25-19/h2-10,14,18H,11-13H2,1H3,(H,23,26)(H2,24,25,27,28). The van der Waals surface area contributed by atoms with Crippen molar-refractivity contribution in [2.75, 3.05) is 6.54 Å². The molecule has 0 spiro atoms. The lowest BCUT2D eigenvalue weighted by atomic mass is 9.86. The van der Waals surface area contributed by atoms with Crippen LogP contribution in [0.2, 0.25) is 0 Å². The second kappa shape index (κ2) is 8.99. The number of aryl methyl sites for hydroxylation is 1. The maximum absolute atomic E-state index is 12.6. The summed E-state index contributed by atoms with van der Waals surface area (Å²) in [6, 6.07) is 19.1. The van der Waals surface area contributed by atoms with E-state index in [2.05, 4.69) is 21.4 Å². The number of benzene rings is 2. The molecule has 2 aromatic carbocycles. The summed E-state index contributed by atoms with van der Waals surface area (Å²) in [4.78, 5) is 30.3. The first-order valence-corrected chi connectivity index (χ1v) is 9.19. The summed E-state index contributed by atoms with van der Waals surface area (Å²) in [7, 11) is 0. The predicted molar refractivity (Wildman–Crippen MR) is 107 cm³/mol. The van der Waals surface area contributed by atoms with Gasteiger partial charge in [-0.25, -0.2) is 4.98 Å². The minimum Gasteiger partial charge on any atom is -0.493 e. The first kappa shape index (κ1) is 19.4. The van der Waals surface area contributed by atoms with Crippen LogP contribution in [-0.2, 0) is 11.2 Å². The van der Waals surface area contributed by atoms with Crippen LogP contribution in [0.5, 0.6) is 5.88 Å². The fourth-order valence-corrected chi connectivity index (χ4v) is 3.26. The molecule has 0 aliphatic heterocycles. The Balaban J connectivity index is 1.68. The monoisotopic (exact) mass is 377 g/mol. The zero-order valence-electron chi connectivity index (χ0n) is 15.7. The number of carbonyl (C=O) groups is 1. The van der Waals surface area contributed by atoms with Gasteiger partial charge in [0.1, 0.15) is 5.82 Å². The minimum atomic E-state index is -0.419. The third-order valence-electron chi connectivity index (χ3n) is 4.62. The van der Waals surface area contributed by atoms with E-state index in [1.54, 1.807) is 0 Å². The average Bonchev–Trinajstić information content (AvgIpc) is 2.67. The van der Waals surface area contributed by atoms with Gasteiger partial charge in [-0.2, -0.15) is 0 Å². The average molecular weight is 377 g/mol. The summed E-state index contributed by atoms with van der Waals surface area (Å²) in [6.07, 6.45) is 0.647. The van der Waals surface area contributed by atoms with Crippen molar-refractivity contribution in [1.82, 2.24) is 15.3 Å². The molecule has 144 valence electrons. The van der Waals surface area contributed by atoms with Crippen LogP contribution in [0.25, 0.3) is 0 Å². The fraction of sp³-hybridized carbons (Fsp3) is 0.227. The molecule has 1 aromatic heterocycles. The topological polar surface area (TPSA) is 95.1 Å². The molecule has 0 saturated carbocycles. The van der Waals surface area contributed by atoms with Crippen LogP contribution in [0.3, 0.4) is 0 Å². The number of H-pyrrole nitrogens is 1. The lowest BCUT2D eigenvalue weighted by Gasteiger charge is -2.20. The first-order valence-electron chi connectivity index (χ1n) is 9.19. The van der Waals surface area contributed by atoms with Gasteiger partial charge in [-0.05, 0) is 23.6 Å². The van der Waals surface area contributed by atoms with Crippen molar-refractivity contribution in [1.29, 1.82) is 0 Å². The van der Waals surface area contributed by atoms with Gasteiger partial charge < -0.3 is 15.4 Å². The Hall–Kier alpha value is -3.41. The Labute approximate surface area is 163 Å². The number of nitrogens with one attached hydrogen (secondary N) is 2. The molecule has 1 unspecified atom stereocenters. The molecule has 3 aromatic rings. The number of carbonyl (C=O) groups excluding carboxylic acids is 1. The van der Waals surface area contributed by atoms with Gasteiger partial charge in [0.05, 0.1) is 6.07 Å². The summed E-state index contributed by atoms with van der Waals surface area (Å²) in [5.41, 5.74) is 2.94. The van der Waals surface area contributed by atoms with Crippen molar-refractivity contribution in [3.8, 4) is 5.88 Å². The quantitative estimate of drug-likeness (QED) is 0.590. The Morgan fingerprint density at radius 1 is 1.14 bits per heavy atom. The molecule has 3 rings (SSSR count). The van der Waals surface area contributed by atoms with E-state index in [1.165, 1.54) is 0 Å². The van der Waals surface area contributed by atoms with Crippen molar-refractivity contribution in [2.45, 2.75) is 25.7 Å². The molecule has 0 fully saturated rings. The highest BCUT2D eigenvalue weighted by molar-refractivity contribution is 5.77. The van der Waals surface area contributed by atoms with E-state index in [9.17, 15) is 14.7 Å². The first-order chi connectivity index (χ1) is 13.5. The van der Waals surface area contributed by atoms with E-state index in [1.807, 2.05) is 55.5 Å². The predicted octanol–water partition coefficient (Wildman–Crippen LogP) is 2.66. The van der Waals surface area contributed by atoms with Gasteiger partial charge >= 0.3 is 0 Å². The number of aromatic nitrogens is 2. The Morgan fingerprint density at radius 3 is 2.57 bits per heavy atom. The molecule has 6 nitrogen and oxygen atoms in total. The third kappa shape index (κ3) is 5.07. The van der Waals surface area contributed by atoms with Crippen molar-refractivity contribution in [3.63, 3.8) is 0 Å². The van der Waals surface area contributed by atoms with Gasteiger partial charge in [-0.15, -0.1) is 0 Å². The number of amides is 1. The summed E-state index contributed by atoms with van der Waals surface area (Å²) in [5.74, 6) is -0.113. The molecule has 1 amide bonds. The minimum absolute atomic E-state index is 0.0406. The van der Waals surface area contributed by atoms with Crippen molar-refractivity contribution >= 4 is 5.91 Å². The van der Waals surface area contributed by atoms with Crippen LogP contribution in [0.15, 0.2) is 65.5 Å². The molecule has 0 aliphatic rings. The highest BCUT2D eigenvalue weighted by Gasteiger charge is 2.19. The molecule has 3 N–H and O–H groups in total. The Bertz CT molecular complexity index is 999. The van der Waals surface area contributed by atoms with E-state index in [0.29, 0.717) is 25.2 Å². The van der Waals surface area contributed by atoms with Crippen LogP contribution in [0, 0.1) is 6.92 Å². The van der Waals surface area contributed by atoms with Crippen LogP contribution < -0.4 is 10.9 Å². The zero-order valence-corrected chi connectivity index (χ0v) is 15.7. The van der Waals surface area contributed by atoms with Crippen LogP contribution in [0.1, 0.15) is 34.9 Å². The smallest absolute Gasteiger partial charge is 0.254 e. The number of hydrogen-bond donors (Lipinski definition) is 3. The summed E-state index contributed by atoms with van der Waals surface area (Å²) >= 11 is 0. The Kier molecular flexibility index (Phi) is 6.22. The van der Waals surface area contributed by atoms with E-state index in [-0.39, 0.29) is 17.7 Å². The lowest BCUT2D eigenvalue weighted by molar-refractivity contribution is -0.121. The molecule has 0 bridgehead atoms. The summed E-state index contributed by atoms with van der Waals surface area (Å²) in [5, 5.41) is 12.3. The van der Waals surface area contributed by atoms with Crippen molar-refractivity contribution in [2.24, 2.45) is 0 Å². The van der Waals surface area contributed by atoms with E-state index < -0.39 is 5.56 Å². The van der Waals surface area contributed by atoms with Gasteiger partial charge in [0.2, 0.25) is 11.8 Å². The molecule has 28 heavy (non-hydrogen) atoms. The normalized spacial score (nSPS) is 11.8. The fourth-order valence-electron chi connectivity index (χ4n) is 3.26. The van der Waals surface area contributed by atoms with E-state index in [4.69, 9.17) is 0 Å². The number of aromatic amines is 1. The summed E-state index contributed by atoms with van der Waals surface area (Å²) in [6.45, 7) is 2.37. The SMILES string of the molecule is Cc1ccccc1C(CC(=O)NCCc1nc(O)cc(=O)[nH]1)c1ccccc1. The van der Waals surface area contributed by atoms with Gasteiger partial charge in [0.25, 0.3) is 5.56 Å².